The van der Waals surface area contributed by atoms with Gasteiger partial charge in [-0.1, -0.05) is 30.3 Å². The van der Waals surface area contributed by atoms with Crippen LogP contribution in [0.5, 0.6) is 0 Å². The number of aromatic nitrogens is 1. The minimum atomic E-state index is -0.419. The second kappa shape index (κ2) is 9.06. The molecule has 0 saturated heterocycles. The Balaban J connectivity index is 2.05. The van der Waals surface area contributed by atoms with Gasteiger partial charge in [-0.05, 0) is 43.5 Å². The van der Waals surface area contributed by atoms with Gasteiger partial charge in [-0.25, -0.2) is 0 Å². The summed E-state index contributed by atoms with van der Waals surface area (Å²) in [7, 11) is 0. The lowest BCUT2D eigenvalue weighted by Gasteiger charge is -2.26. The van der Waals surface area contributed by atoms with Crippen LogP contribution in [-0.2, 0) is 22.5 Å². The zero-order valence-corrected chi connectivity index (χ0v) is 13.8. The molecule has 1 aromatic carbocycles. The van der Waals surface area contributed by atoms with Gasteiger partial charge in [0.2, 0.25) is 0 Å². The van der Waals surface area contributed by atoms with Gasteiger partial charge in [0.25, 0.3) is 5.91 Å². The third kappa shape index (κ3) is 5.49. The predicted octanol–water partition coefficient (Wildman–Crippen LogP) is 3.08. The summed E-state index contributed by atoms with van der Waals surface area (Å²) in [6, 6.07) is 14.1. The fraction of sp³-hybridized carbons (Fsp3) is 0.368. The minimum absolute atomic E-state index is 0.0274. The van der Waals surface area contributed by atoms with E-state index in [0.29, 0.717) is 19.7 Å². The van der Waals surface area contributed by atoms with Crippen molar-refractivity contribution in [1.82, 2.24) is 9.88 Å². The fourth-order valence-electron chi connectivity index (χ4n) is 2.46. The van der Waals surface area contributed by atoms with Gasteiger partial charge in [-0.15, -0.1) is 0 Å². The van der Waals surface area contributed by atoms with E-state index in [1.165, 1.54) is 5.56 Å². The number of carbonyl (C=O) groups is 1. The number of ether oxygens (including phenoxy) is 1. The van der Waals surface area contributed by atoms with Crippen LogP contribution in [0.4, 0.5) is 0 Å². The summed E-state index contributed by atoms with van der Waals surface area (Å²) in [6.07, 6.45) is 3.91. The van der Waals surface area contributed by atoms with E-state index in [4.69, 9.17) is 4.74 Å². The van der Waals surface area contributed by atoms with Gasteiger partial charge in [-0.3, -0.25) is 9.78 Å². The van der Waals surface area contributed by atoms with Crippen LogP contribution in [0, 0.1) is 0 Å². The SMILES string of the molecule is CCO[C@H](C)C(=O)N(CCc1ccccc1)Cc1ccncc1. The molecule has 122 valence electrons. The molecule has 0 aliphatic rings. The Labute approximate surface area is 138 Å². The molecule has 23 heavy (non-hydrogen) atoms. The molecular weight excluding hydrogens is 288 g/mol. The smallest absolute Gasteiger partial charge is 0.251 e. The van der Waals surface area contributed by atoms with Crippen molar-refractivity contribution in [3.63, 3.8) is 0 Å². The monoisotopic (exact) mass is 312 g/mol. The van der Waals surface area contributed by atoms with E-state index in [1.807, 2.05) is 49.1 Å². The molecule has 0 spiro atoms. The van der Waals surface area contributed by atoms with E-state index in [9.17, 15) is 4.79 Å². The van der Waals surface area contributed by atoms with Crippen LogP contribution in [0.3, 0.4) is 0 Å². The number of hydrogen-bond acceptors (Lipinski definition) is 3. The molecule has 1 aromatic heterocycles. The lowest BCUT2D eigenvalue weighted by molar-refractivity contribution is -0.143. The maximum Gasteiger partial charge on any atom is 0.251 e. The molecule has 1 amide bonds. The number of amides is 1. The molecule has 1 heterocycles. The average molecular weight is 312 g/mol. The van der Waals surface area contributed by atoms with Crippen LogP contribution in [0.25, 0.3) is 0 Å². The minimum Gasteiger partial charge on any atom is -0.369 e. The first kappa shape index (κ1) is 17.2. The third-order valence-electron chi connectivity index (χ3n) is 3.71. The number of pyridine rings is 1. The first-order valence-electron chi connectivity index (χ1n) is 8.04. The number of carbonyl (C=O) groups excluding carboxylic acids is 1. The largest absolute Gasteiger partial charge is 0.369 e. The molecule has 2 aromatic rings. The summed E-state index contributed by atoms with van der Waals surface area (Å²) in [5, 5.41) is 0. The zero-order valence-electron chi connectivity index (χ0n) is 13.8. The molecule has 0 fully saturated rings. The van der Waals surface area contributed by atoms with Crippen molar-refractivity contribution in [3.8, 4) is 0 Å². The van der Waals surface area contributed by atoms with Crippen molar-refractivity contribution in [2.75, 3.05) is 13.2 Å². The molecule has 0 aliphatic heterocycles. The number of rotatable bonds is 8. The lowest BCUT2D eigenvalue weighted by atomic mass is 10.1. The van der Waals surface area contributed by atoms with Crippen molar-refractivity contribution in [1.29, 1.82) is 0 Å². The molecule has 0 bridgehead atoms. The highest BCUT2D eigenvalue weighted by Gasteiger charge is 2.20. The Kier molecular flexibility index (Phi) is 6.76. The Morgan fingerprint density at radius 2 is 1.83 bits per heavy atom. The first-order chi connectivity index (χ1) is 11.2. The fourth-order valence-corrected chi connectivity index (χ4v) is 2.46. The summed E-state index contributed by atoms with van der Waals surface area (Å²) < 4.78 is 5.47. The Bertz CT molecular complexity index is 587. The molecule has 2 rings (SSSR count). The van der Waals surface area contributed by atoms with Crippen molar-refractivity contribution >= 4 is 5.91 Å². The molecule has 0 radical (unpaired) electrons. The molecule has 4 nitrogen and oxygen atoms in total. The lowest BCUT2D eigenvalue weighted by Crippen LogP contribution is -2.40. The van der Waals surface area contributed by atoms with E-state index in [2.05, 4.69) is 17.1 Å². The molecule has 4 heteroatoms. The Morgan fingerprint density at radius 3 is 2.48 bits per heavy atom. The standard InChI is InChI=1S/C19H24N2O2/c1-3-23-16(2)19(22)21(15-18-9-12-20-13-10-18)14-11-17-7-5-4-6-8-17/h4-10,12-13,16H,3,11,14-15H2,1-2H3/t16-/m1/s1. The van der Waals surface area contributed by atoms with Crippen LogP contribution in [0.15, 0.2) is 54.9 Å². The van der Waals surface area contributed by atoms with Gasteiger partial charge in [-0.2, -0.15) is 0 Å². The second-order valence-electron chi connectivity index (χ2n) is 5.45. The van der Waals surface area contributed by atoms with Crippen LogP contribution in [0.1, 0.15) is 25.0 Å². The van der Waals surface area contributed by atoms with Crippen LogP contribution < -0.4 is 0 Å². The van der Waals surface area contributed by atoms with Gasteiger partial charge in [0.15, 0.2) is 0 Å². The van der Waals surface area contributed by atoms with Crippen LogP contribution in [-0.4, -0.2) is 35.0 Å². The summed E-state index contributed by atoms with van der Waals surface area (Å²) in [5.74, 6) is 0.0274. The molecular formula is C19H24N2O2. The van der Waals surface area contributed by atoms with Gasteiger partial charge < -0.3 is 9.64 Å². The van der Waals surface area contributed by atoms with E-state index < -0.39 is 6.10 Å². The maximum atomic E-state index is 12.6. The normalized spacial score (nSPS) is 11.9. The van der Waals surface area contributed by atoms with E-state index >= 15 is 0 Å². The van der Waals surface area contributed by atoms with Crippen molar-refractivity contribution in [2.45, 2.75) is 32.9 Å². The Morgan fingerprint density at radius 1 is 1.13 bits per heavy atom. The topological polar surface area (TPSA) is 42.4 Å². The first-order valence-corrected chi connectivity index (χ1v) is 8.04. The highest BCUT2D eigenvalue weighted by molar-refractivity contribution is 5.80. The molecule has 0 unspecified atom stereocenters. The van der Waals surface area contributed by atoms with Crippen LogP contribution in [0.2, 0.25) is 0 Å². The number of nitrogens with zero attached hydrogens (tertiary/aromatic N) is 2. The second-order valence-corrected chi connectivity index (χ2v) is 5.45. The quantitative estimate of drug-likeness (QED) is 0.752. The number of benzene rings is 1. The van der Waals surface area contributed by atoms with Gasteiger partial charge in [0.05, 0.1) is 0 Å². The van der Waals surface area contributed by atoms with Crippen molar-refractivity contribution in [3.05, 3.63) is 66.0 Å². The molecule has 1 atom stereocenters. The molecule has 0 aliphatic carbocycles. The molecule has 0 saturated carbocycles. The van der Waals surface area contributed by atoms with E-state index in [-0.39, 0.29) is 5.91 Å². The highest BCUT2D eigenvalue weighted by atomic mass is 16.5. The average Bonchev–Trinajstić information content (AvgIpc) is 2.60. The maximum absolute atomic E-state index is 12.6. The number of hydrogen-bond donors (Lipinski definition) is 0. The summed E-state index contributed by atoms with van der Waals surface area (Å²) in [6.45, 7) is 5.50. The summed E-state index contributed by atoms with van der Waals surface area (Å²) >= 11 is 0. The third-order valence-corrected chi connectivity index (χ3v) is 3.71. The van der Waals surface area contributed by atoms with Crippen LogP contribution >= 0.6 is 0 Å². The predicted molar refractivity (Wildman–Crippen MR) is 90.9 cm³/mol. The summed E-state index contributed by atoms with van der Waals surface area (Å²) in [4.78, 5) is 18.5. The van der Waals surface area contributed by atoms with Gasteiger partial charge in [0.1, 0.15) is 6.10 Å². The van der Waals surface area contributed by atoms with Gasteiger partial charge >= 0.3 is 0 Å². The highest BCUT2D eigenvalue weighted by Crippen LogP contribution is 2.09. The summed E-state index contributed by atoms with van der Waals surface area (Å²) in [5.41, 5.74) is 2.30. The van der Waals surface area contributed by atoms with Crippen molar-refractivity contribution < 1.29 is 9.53 Å². The van der Waals surface area contributed by atoms with E-state index in [0.717, 1.165) is 12.0 Å². The molecule has 0 N–H and O–H groups in total. The van der Waals surface area contributed by atoms with Crippen molar-refractivity contribution in [2.24, 2.45) is 0 Å². The van der Waals surface area contributed by atoms with E-state index in [1.54, 1.807) is 12.4 Å². The Hall–Kier alpha value is -2.20. The van der Waals surface area contributed by atoms with Gasteiger partial charge in [0, 0.05) is 32.1 Å². The zero-order chi connectivity index (χ0) is 16.5.